The Balaban J connectivity index is 0.00000243. The predicted octanol–water partition coefficient (Wildman–Crippen LogP) is 5.79. The molecular formula is C20H19BrCl2N2O. The third-order valence-electron chi connectivity index (χ3n) is 3.76. The van der Waals surface area contributed by atoms with Crippen LogP contribution in [0.5, 0.6) is 5.75 Å². The zero-order valence-corrected chi connectivity index (χ0v) is 17.2. The summed E-state index contributed by atoms with van der Waals surface area (Å²) in [6, 6.07) is 17.8. The van der Waals surface area contributed by atoms with E-state index in [0.717, 1.165) is 32.9 Å². The zero-order valence-electron chi connectivity index (χ0n) is 14.0. The molecule has 0 unspecified atom stereocenters. The largest absolute Gasteiger partial charge is 0.489 e. The highest BCUT2D eigenvalue weighted by atomic mass is 79.9. The number of benzene rings is 2. The molecule has 0 atom stereocenters. The minimum Gasteiger partial charge on any atom is -0.489 e. The van der Waals surface area contributed by atoms with Crippen molar-refractivity contribution >= 4 is 39.9 Å². The summed E-state index contributed by atoms with van der Waals surface area (Å²) < 4.78 is 7.03. The first-order valence-electron chi connectivity index (χ1n) is 7.96. The molecule has 0 aliphatic rings. The van der Waals surface area contributed by atoms with Crippen LogP contribution < -0.4 is 10.1 Å². The topological polar surface area (TPSA) is 34.1 Å². The van der Waals surface area contributed by atoms with E-state index in [2.05, 4.69) is 32.3 Å². The molecule has 0 amide bonds. The van der Waals surface area contributed by atoms with Crippen LogP contribution in [0.1, 0.15) is 16.7 Å². The summed E-state index contributed by atoms with van der Waals surface area (Å²) in [5.41, 5.74) is 3.27. The van der Waals surface area contributed by atoms with Crippen LogP contribution in [-0.2, 0) is 19.7 Å². The molecule has 6 heteroatoms. The van der Waals surface area contributed by atoms with Crippen LogP contribution in [0.2, 0.25) is 5.02 Å². The van der Waals surface area contributed by atoms with E-state index in [1.807, 2.05) is 48.5 Å². The number of ether oxygens (including phenoxy) is 1. The van der Waals surface area contributed by atoms with Crippen LogP contribution in [-0.4, -0.2) is 4.98 Å². The monoisotopic (exact) mass is 452 g/mol. The fraction of sp³-hybridized carbons (Fsp3) is 0.150. The average Bonchev–Trinajstić information content (AvgIpc) is 2.63. The first-order chi connectivity index (χ1) is 12.2. The lowest BCUT2D eigenvalue weighted by Crippen LogP contribution is -2.13. The van der Waals surface area contributed by atoms with E-state index in [-0.39, 0.29) is 12.4 Å². The molecule has 0 aliphatic heterocycles. The lowest BCUT2D eigenvalue weighted by atomic mass is 10.2. The molecule has 0 bridgehead atoms. The van der Waals surface area contributed by atoms with Gasteiger partial charge < -0.3 is 10.1 Å². The van der Waals surface area contributed by atoms with Gasteiger partial charge >= 0.3 is 0 Å². The number of nitrogens with zero attached hydrogens (tertiary/aromatic N) is 1. The summed E-state index contributed by atoms with van der Waals surface area (Å²) in [5, 5.41) is 4.16. The fourth-order valence-electron chi connectivity index (χ4n) is 2.44. The van der Waals surface area contributed by atoms with Gasteiger partial charge in [-0.2, -0.15) is 0 Å². The zero-order chi connectivity index (χ0) is 17.5. The number of aromatic nitrogens is 1. The Hall–Kier alpha value is -1.59. The van der Waals surface area contributed by atoms with E-state index >= 15 is 0 Å². The van der Waals surface area contributed by atoms with Crippen molar-refractivity contribution in [3.63, 3.8) is 0 Å². The standard InChI is InChI=1S/C20H18BrClN2O.ClH/c21-18-5-6-20(25-14-16-3-1-2-4-19(16)22)17(11-18)13-24-12-15-7-9-23-10-8-15;/h1-11,24H,12-14H2;1H. The van der Waals surface area contributed by atoms with Crippen molar-refractivity contribution in [2.75, 3.05) is 0 Å². The van der Waals surface area contributed by atoms with E-state index in [0.29, 0.717) is 13.2 Å². The molecule has 3 rings (SSSR count). The Morgan fingerprint density at radius 3 is 2.50 bits per heavy atom. The van der Waals surface area contributed by atoms with E-state index in [1.54, 1.807) is 12.4 Å². The lowest BCUT2D eigenvalue weighted by Gasteiger charge is -2.13. The SMILES string of the molecule is Cl.Clc1ccccc1COc1ccc(Br)cc1CNCc1ccncc1. The quantitative estimate of drug-likeness (QED) is 0.491. The highest BCUT2D eigenvalue weighted by Crippen LogP contribution is 2.25. The molecule has 0 saturated heterocycles. The molecular weight excluding hydrogens is 435 g/mol. The summed E-state index contributed by atoms with van der Waals surface area (Å²) in [5.74, 6) is 0.852. The van der Waals surface area contributed by atoms with Gasteiger partial charge in [-0.3, -0.25) is 4.98 Å². The van der Waals surface area contributed by atoms with E-state index in [4.69, 9.17) is 16.3 Å². The minimum atomic E-state index is 0. The third kappa shape index (κ3) is 5.99. The second kappa shape index (κ2) is 10.5. The number of nitrogens with one attached hydrogen (secondary N) is 1. The van der Waals surface area contributed by atoms with Gasteiger partial charge in [0.1, 0.15) is 12.4 Å². The van der Waals surface area contributed by atoms with Crippen LogP contribution in [0.4, 0.5) is 0 Å². The summed E-state index contributed by atoms with van der Waals surface area (Å²) in [4.78, 5) is 4.03. The van der Waals surface area contributed by atoms with Crippen LogP contribution in [0.3, 0.4) is 0 Å². The molecule has 3 aromatic rings. The Labute approximate surface area is 173 Å². The Morgan fingerprint density at radius 1 is 0.962 bits per heavy atom. The maximum Gasteiger partial charge on any atom is 0.124 e. The molecule has 0 fully saturated rings. The first kappa shape index (κ1) is 20.7. The summed E-state index contributed by atoms with van der Waals surface area (Å²) in [7, 11) is 0. The minimum absolute atomic E-state index is 0. The Kier molecular flexibility index (Phi) is 8.39. The van der Waals surface area contributed by atoms with Gasteiger partial charge in [-0.1, -0.05) is 45.7 Å². The van der Waals surface area contributed by atoms with E-state index in [9.17, 15) is 0 Å². The molecule has 0 aliphatic carbocycles. The van der Waals surface area contributed by atoms with Crippen molar-refractivity contribution in [3.05, 3.63) is 93.2 Å². The number of hydrogen-bond acceptors (Lipinski definition) is 3. The third-order valence-corrected chi connectivity index (χ3v) is 4.62. The van der Waals surface area contributed by atoms with Gasteiger partial charge in [0.2, 0.25) is 0 Å². The van der Waals surface area contributed by atoms with Crippen molar-refractivity contribution in [3.8, 4) is 5.75 Å². The van der Waals surface area contributed by atoms with Gasteiger partial charge in [0.05, 0.1) is 0 Å². The van der Waals surface area contributed by atoms with Gasteiger partial charge in [0, 0.05) is 46.1 Å². The van der Waals surface area contributed by atoms with Gasteiger partial charge in [-0.15, -0.1) is 12.4 Å². The van der Waals surface area contributed by atoms with Crippen molar-refractivity contribution in [2.45, 2.75) is 19.7 Å². The fourth-order valence-corrected chi connectivity index (χ4v) is 3.04. The van der Waals surface area contributed by atoms with E-state index < -0.39 is 0 Å². The molecule has 3 nitrogen and oxygen atoms in total. The Bertz CT molecular complexity index is 831. The highest BCUT2D eigenvalue weighted by molar-refractivity contribution is 9.10. The number of rotatable bonds is 7. The lowest BCUT2D eigenvalue weighted by molar-refractivity contribution is 0.302. The van der Waals surface area contributed by atoms with Gasteiger partial charge in [0.25, 0.3) is 0 Å². The molecule has 0 spiro atoms. The average molecular weight is 454 g/mol. The predicted molar refractivity (Wildman–Crippen MR) is 112 cm³/mol. The molecule has 2 aromatic carbocycles. The molecule has 1 heterocycles. The van der Waals surface area contributed by atoms with Crippen molar-refractivity contribution in [1.82, 2.24) is 10.3 Å². The van der Waals surface area contributed by atoms with Crippen molar-refractivity contribution < 1.29 is 4.74 Å². The molecule has 26 heavy (non-hydrogen) atoms. The molecule has 1 N–H and O–H groups in total. The molecule has 0 radical (unpaired) electrons. The maximum absolute atomic E-state index is 6.20. The van der Waals surface area contributed by atoms with Crippen LogP contribution in [0.25, 0.3) is 0 Å². The van der Waals surface area contributed by atoms with Gasteiger partial charge in [0.15, 0.2) is 0 Å². The van der Waals surface area contributed by atoms with Crippen LogP contribution in [0.15, 0.2) is 71.5 Å². The van der Waals surface area contributed by atoms with E-state index in [1.165, 1.54) is 5.56 Å². The first-order valence-corrected chi connectivity index (χ1v) is 9.14. The molecule has 136 valence electrons. The van der Waals surface area contributed by atoms with Crippen molar-refractivity contribution in [2.24, 2.45) is 0 Å². The summed E-state index contributed by atoms with van der Waals surface area (Å²) in [6.45, 7) is 1.93. The maximum atomic E-state index is 6.20. The summed E-state index contributed by atoms with van der Waals surface area (Å²) in [6.07, 6.45) is 3.60. The normalized spacial score (nSPS) is 10.2. The molecule has 0 saturated carbocycles. The van der Waals surface area contributed by atoms with Crippen molar-refractivity contribution in [1.29, 1.82) is 0 Å². The smallest absolute Gasteiger partial charge is 0.124 e. The number of hydrogen-bond donors (Lipinski definition) is 1. The highest BCUT2D eigenvalue weighted by Gasteiger charge is 2.07. The number of pyridine rings is 1. The van der Waals surface area contributed by atoms with Gasteiger partial charge in [-0.25, -0.2) is 0 Å². The number of halogens is 3. The molecule has 1 aromatic heterocycles. The summed E-state index contributed by atoms with van der Waals surface area (Å²) >= 11 is 9.73. The van der Waals surface area contributed by atoms with Gasteiger partial charge in [-0.05, 0) is 42.0 Å². The second-order valence-electron chi connectivity index (χ2n) is 5.59. The van der Waals surface area contributed by atoms with Crippen LogP contribution in [0, 0.1) is 0 Å². The Morgan fingerprint density at radius 2 is 1.73 bits per heavy atom. The second-order valence-corrected chi connectivity index (χ2v) is 6.91. The van der Waals surface area contributed by atoms with Crippen LogP contribution >= 0.6 is 39.9 Å².